The lowest BCUT2D eigenvalue weighted by Gasteiger charge is -2.22. The summed E-state index contributed by atoms with van der Waals surface area (Å²) in [5.41, 5.74) is -0.298. The van der Waals surface area contributed by atoms with Crippen molar-refractivity contribution in [3.8, 4) is 0 Å². The van der Waals surface area contributed by atoms with Crippen molar-refractivity contribution in [1.82, 2.24) is 5.32 Å². The molecule has 0 aliphatic heterocycles. The summed E-state index contributed by atoms with van der Waals surface area (Å²) in [6, 6.07) is 5.01. The maximum atomic E-state index is 13.5. The molecule has 0 bridgehead atoms. The second-order valence-electron chi connectivity index (χ2n) is 5.67. The number of hydrogen-bond acceptors (Lipinski definition) is 3. The first-order chi connectivity index (χ1) is 9.69. The molecule has 1 aromatic carbocycles. The van der Waals surface area contributed by atoms with Crippen LogP contribution in [0, 0.1) is 5.82 Å². The standard InChI is InChI=1S/C15H20FNO4/c1-15(2,3)21-14(20)17-12(13(18)19)9-8-10-6-4-5-7-11(10)16/h4-7,12H,8-9H2,1-3H3,(H,17,20)(H,18,19). The Morgan fingerprint density at radius 1 is 1.33 bits per heavy atom. The van der Waals surface area contributed by atoms with E-state index in [0.717, 1.165) is 0 Å². The van der Waals surface area contributed by atoms with Crippen LogP contribution >= 0.6 is 0 Å². The third kappa shape index (κ3) is 6.25. The van der Waals surface area contributed by atoms with Gasteiger partial charge in [0, 0.05) is 0 Å². The highest BCUT2D eigenvalue weighted by Crippen LogP contribution is 2.11. The number of hydrogen-bond donors (Lipinski definition) is 2. The zero-order valence-electron chi connectivity index (χ0n) is 12.4. The van der Waals surface area contributed by atoms with Gasteiger partial charge in [-0.15, -0.1) is 0 Å². The zero-order chi connectivity index (χ0) is 16.0. The molecule has 0 heterocycles. The van der Waals surface area contributed by atoms with E-state index in [4.69, 9.17) is 9.84 Å². The van der Waals surface area contributed by atoms with Gasteiger partial charge < -0.3 is 15.2 Å². The van der Waals surface area contributed by atoms with Crippen LogP contribution in [0.2, 0.25) is 0 Å². The number of carboxylic acid groups (broad SMARTS) is 1. The van der Waals surface area contributed by atoms with Crippen molar-refractivity contribution < 1.29 is 23.8 Å². The maximum absolute atomic E-state index is 13.5. The fourth-order valence-corrected chi connectivity index (χ4v) is 1.71. The molecule has 0 aromatic heterocycles. The van der Waals surface area contributed by atoms with Gasteiger partial charge in [-0.2, -0.15) is 0 Å². The van der Waals surface area contributed by atoms with Crippen LogP contribution in [0.15, 0.2) is 24.3 Å². The van der Waals surface area contributed by atoms with E-state index >= 15 is 0 Å². The number of amides is 1. The second kappa shape index (κ2) is 7.06. The molecule has 0 aliphatic rings. The third-order valence-electron chi connectivity index (χ3n) is 2.65. The Morgan fingerprint density at radius 2 is 1.95 bits per heavy atom. The summed E-state index contributed by atoms with van der Waals surface area (Å²) >= 11 is 0. The highest BCUT2D eigenvalue weighted by molar-refractivity contribution is 5.80. The molecule has 0 fully saturated rings. The fraction of sp³-hybridized carbons (Fsp3) is 0.467. The molecule has 0 saturated carbocycles. The Bertz CT molecular complexity index is 511. The summed E-state index contributed by atoms with van der Waals surface area (Å²) in [6.45, 7) is 5.05. The minimum atomic E-state index is -1.18. The SMILES string of the molecule is CC(C)(C)OC(=O)NC(CCc1ccccc1F)C(=O)O. The van der Waals surface area contributed by atoms with E-state index in [1.165, 1.54) is 6.07 Å². The van der Waals surface area contributed by atoms with Gasteiger partial charge in [0.05, 0.1) is 0 Å². The molecule has 21 heavy (non-hydrogen) atoms. The number of carbonyl (C=O) groups excluding carboxylic acids is 1. The van der Waals surface area contributed by atoms with Crippen LogP contribution in [0.25, 0.3) is 0 Å². The second-order valence-corrected chi connectivity index (χ2v) is 5.67. The van der Waals surface area contributed by atoms with E-state index in [1.54, 1.807) is 39.0 Å². The van der Waals surface area contributed by atoms with Crippen molar-refractivity contribution in [2.75, 3.05) is 0 Å². The van der Waals surface area contributed by atoms with Gasteiger partial charge in [-0.3, -0.25) is 0 Å². The summed E-state index contributed by atoms with van der Waals surface area (Å²) in [4.78, 5) is 22.7. The number of ether oxygens (including phenoxy) is 1. The maximum Gasteiger partial charge on any atom is 0.408 e. The van der Waals surface area contributed by atoms with E-state index in [-0.39, 0.29) is 18.7 Å². The molecule has 1 aromatic rings. The molecular formula is C15H20FNO4. The number of carbonyl (C=O) groups is 2. The van der Waals surface area contributed by atoms with Gasteiger partial charge in [-0.25, -0.2) is 14.0 Å². The molecule has 2 N–H and O–H groups in total. The quantitative estimate of drug-likeness (QED) is 0.876. The number of nitrogens with one attached hydrogen (secondary N) is 1. The number of benzene rings is 1. The smallest absolute Gasteiger partial charge is 0.408 e. The van der Waals surface area contributed by atoms with E-state index < -0.39 is 23.7 Å². The number of carboxylic acids is 1. The lowest BCUT2D eigenvalue weighted by molar-refractivity contribution is -0.139. The minimum absolute atomic E-state index is 0.0789. The lowest BCUT2D eigenvalue weighted by Crippen LogP contribution is -2.43. The molecule has 0 spiro atoms. The topological polar surface area (TPSA) is 75.6 Å². The van der Waals surface area contributed by atoms with Crippen LogP contribution in [0.5, 0.6) is 0 Å². The Labute approximate surface area is 123 Å². The Kier molecular flexibility index (Phi) is 5.69. The Hall–Kier alpha value is -2.11. The lowest BCUT2D eigenvalue weighted by atomic mass is 10.0. The highest BCUT2D eigenvalue weighted by Gasteiger charge is 2.24. The first kappa shape index (κ1) is 16.9. The molecule has 0 aliphatic carbocycles. The highest BCUT2D eigenvalue weighted by atomic mass is 19.1. The van der Waals surface area contributed by atoms with Gasteiger partial charge in [0.15, 0.2) is 0 Å². The van der Waals surface area contributed by atoms with E-state index in [9.17, 15) is 14.0 Å². The first-order valence-corrected chi connectivity index (χ1v) is 6.65. The molecule has 6 heteroatoms. The monoisotopic (exact) mass is 297 g/mol. The van der Waals surface area contributed by atoms with Crippen LogP contribution in [0.3, 0.4) is 0 Å². The van der Waals surface area contributed by atoms with Gasteiger partial charge in [-0.05, 0) is 45.2 Å². The Balaban J connectivity index is 2.61. The van der Waals surface area contributed by atoms with Crippen molar-refractivity contribution in [3.05, 3.63) is 35.6 Å². The summed E-state index contributed by atoms with van der Waals surface area (Å²) in [5, 5.41) is 11.4. The van der Waals surface area contributed by atoms with Gasteiger partial charge >= 0.3 is 12.1 Å². The molecule has 1 rings (SSSR count). The number of rotatable bonds is 5. The van der Waals surface area contributed by atoms with Gasteiger partial charge in [0.1, 0.15) is 17.5 Å². The third-order valence-corrected chi connectivity index (χ3v) is 2.65. The molecule has 5 nitrogen and oxygen atoms in total. The van der Waals surface area contributed by atoms with Gasteiger partial charge in [-0.1, -0.05) is 18.2 Å². The molecule has 0 saturated heterocycles. The predicted molar refractivity (Wildman–Crippen MR) is 75.5 cm³/mol. The van der Waals surface area contributed by atoms with Crippen LogP contribution in [0.4, 0.5) is 9.18 Å². The summed E-state index contributed by atoms with van der Waals surface area (Å²) in [7, 11) is 0. The molecule has 1 atom stereocenters. The summed E-state index contributed by atoms with van der Waals surface area (Å²) < 4.78 is 18.5. The average Bonchev–Trinajstić information content (AvgIpc) is 2.33. The molecule has 0 radical (unpaired) electrons. The van der Waals surface area contributed by atoms with Crippen LogP contribution in [-0.2, 0) is 16.0 Å². The fourth-order valence-electron chi connectivity index (χ4n) is 1.71. The predicted octanol–water partition coefficient (Wildman–Crippen LogP) is 2.74. The average molecular weight is 297 g/mol. The number of alkyl carbamates (subject to hydrolysis) is 1. The largest absolute Gasteiger partial charge is 0.480 e. The molecular weight excluding hydrogens is 277 g/mol. The van der Waals surface area contributed by atoms with E-state index in [0.29, 0.717) is 5.56 Å². The molecule has 1 amide bonds. The number of aliphatic carboxylic acids is 1. The normalized spacial score (nSPS) is 12.6. The van der Waals surface area contributed by atoms with E-state index in [1.807, 2.05) is 0 Å². The molecule has 116 valence electrons. The molecule has 1 unspecified atom stereocenters. The van der Waals surface area contributed by atoms with Gasteiger partial charge in [0.25, 0.3) is 0 Å². The summed E-state index contributed by atoms with van der Waals surface area (Å²) in [6.07, 6.45) is -0.516. The van der Waals surface area contributed by atoms with Crippen molar-refractivity contribution >= 4 is 12.1 Å². The minimum Gasteiger partial charge on any atom is -0.480 e. The van der Waals surface area contributed by atoms with E-state index in [2.05, 4.69) is 5.32 Å². The van der Waals surface area contributed by atoms with Crippen molar-refractivity contribution in [3.63, 3.8) is 0 Å². The van der Waals surface area contributed by atoms with Crippen molar-refractivity contribution in [1.29, 1.82) is 0 Å². The van der Waals surface area contributed by atoms with Crippen molar-refractivity contribution in [2.45, 2.75) is 45.3 Å². The summed E-state index contributed by atoms with van der Waals surface area (Å²) in [5.74, 6) is -1.57. The van der Waals surface area contributed by atoms with Crippen molar-refractivity contribution in [2.24, 2.45) is 0 Å². The first-order valence-electron chi connectivity index (χ1n) is 6.65. The van der Waals surface area contributed by atoms with Crippen LogP contribution < -0.4 is 5.32 Å². The zero-order valence-corrected chi connectivity index (χ0v) is 12.4. The van der Waals surface area contributed by atoms with Gasteiger partial charge in [0.2, 0.25) is 0 Å². The number of aryl methyl sites for hydroxylation is 1. The Morgan fingerprint density at radius 3 is 2.48 bits per heavy atom. The van der Waals surface area contributed by atoms with Crippen LogP contribution in [0.1, 0.15) is 32.8 Å². The number of halogens is 1. The van der Waals surface area contributed by atoms with Crippen LogP contribution in [-0.4, -0.2) is 28.8 Å².